The minimum atomic E-state index is -4.16. The summed E-state index contributed by atoms with van der Waals surface area (Å²) in [7, 11) is -4.16. The highest BCUT2D eigenvalue weighted by Gasteiger charge is 2.20. The first kappa shape index (κ1) is 22.8. The van der Waals surface area contributed by atoms with Gasteiger partial charge in [0.25, 0.3) is 21.6 Å². The van der Waals surface area contributed by atoms with Gasteiger partial charge in [-0.15, -0.1) is 0 Å². The molecule has 0 aromatic heterocycles. The van der Waals surface area contributed by atoms with Gasteiger partial charge >= 0.3 is 0 Å². The lowest BCUT2D eigenvalue weighted by atomic mass is 10.1. The summed E-state index contributed by atoms with van der Waals surface area (Å²) in [4.78, 5) is 22.7. The molecule has 0 heterocycles. The van der Waals surface area contributed by atoms with Crippen LogP contribution < -0.4 is 14.8 Å². The summed E-state index contributed by atoms with van der Waals surface area (Å²) in [5.41, 5.74) is 0.634. The number of carbonyl (C=O) groups is 1. The zero-order valence-corrected chi connectivity index (χ0v) is 18.0. The van der Waals surface area contributed by atoms with E-state index >= 15 is 0 Å². The molecule has 0 aliphatic rings. The Bertz CT molecular complexity index is 1240. The molecule has 9 nitrogen and oxygen atoms in total. The number of hydrogen-bond acceptors (Lipinski definition) is 6. The number of sulfonamides is 1. The van der Waals surface area contributed by atoms with E-state index in [1.54, 1.807) is 18.2 Å². The maximum atomic E-state index is 12.8. The third-order valence-corrected chi connectivity index (χ3v) is 5.78. The van der Waals surface area contributed by atoms with Gasteiger partial charge in [0.1, 0.15) is 5.75 Å². The third-order valence-electron chi connectivity index (χ3n) is 4.42. The number of ether oxygens (including phenoxy) is 1. The van der Waals surface area contributed by atoms with Crippen molar-refractivity contribution in [1.29, 1.82) is 0 Å². The Labute approximate surface area is 185 Å². The van der Waals surface area contributed by atoms with Gasteiger partial charge in [0.15, 0.2) is 0 Å². The lowest BCUT2D eigenvalue weighted by molar-refractivity contribution is -0.385. The molecule has 0 radical (unpaired) electrons. The first-order chi connectivity index (χ1) is 15.3. The fourth-order valence-electron chi connectivity index (χ4n) is 2.93. The van der Waals surface area contributed by atoms with Crippen LogP contribution in [0.1, 0.15) is 22.8 Å². The molecule has 0 saturated carbocycles. The van der Waals surface area contributed by atoms with Gasteiger partial charge in [0.2, 0.25) is 0 Å². The first-order valence-electron chi connectivity index (χ1n) is 9.66. The number of benzene rings is 3. The van der Waals surface area contributed by atoms with Gasteiger partial charge in [-0.05, 0) is 42.8 Å². The van der Waals surface area contributed by atoms with E-state index in [4.69, 9.17) is 4.74 Å². The minimum Gasteiger partial charge on any atom is -0.494 e. The summed E-state index contributed by atoms with van der Waals surface area (Å²) in [6.45, 7) is 2.61. The Hall–Kier alpha value is -3.92. The standard InChI is InChI=1S/C22H21N3O6S/c1-2-31-18-9-5-7-16(13-18)15-23-22(26)20-11-3-4-12-21(20)24-32(29,30)19-10-6-8-17(14-19)25(27)28/h3-14,24H,2,15H2,1H3,(H,23,26). The van der Waals surface area contributed by atoms with E-state index in [1.807, 2.05) is 25.1 Å². The van der Waals surface area contributed by atoms with Crippen LogP contribution in [0.25, 0.3) is 0 Å². The highest BCUT2D eigenvalue weighted by atomic mass is 32.2. The number of non-ortho nitro benzene ring substituents is 1. The monoisotopic (exact) mass is 455 g/mol. The van der Waals surface area contributed by atoms with Crippen LogP contribution in [0, 0.1) is 10.1 Å². The van der Waals surface area contributed by atoms with Crippen molar-refractivity contribution in [3.05, 3.63) is 94.0 Å². The molecule has 3 aromatic rings. The topological polar surface area (TPSA) is 128 Å². The normalized spacial score (nSPS) is 10.9. The molecule has 0 aliphatic heterocycles. The second kappa shape index (κ2) is 9.92. The molecule has 0 unspecified atom stereocenters. The number of nitro benzene ring substituents is 1. The summed E-state index contributed by atoms with van der Waals surface area (Å²) in [5.74, 6) is 0.202. The average molecular weight is 455 g/mol. The Morgan fingerprint density at radius 2 is 1.78 bits per heavy atom. The fourth-order valence-corrected chi connectivity index (χ4v) is 4.05. The number of carbonyl (C=O) groups excluding carboxylic acids is 1. The molecule has 10 heteroatoms. The summed E-state index contributed by atoms with van der Waals surface area (Å²) in [6.07, 6.45) is 0. The van der Waals surface area contributed by atoms with Crippen LogP contribution in [0.15, 0.2) is 77.7 Å². The number of hydrogen-bond donors (Lipinski definition) is 2. The summed E-state index contributed by atoms with van der Waals surface area (Å²) < 4.78 is 33.3. The maximum absolute atomic E-state index is 12.8. The molecule has 0 spiro atoms. The summed E-state index contributed by atoms with van der Waals surface area (Å²) >= 11 is 0. The van der Waals surface area contributed by atoms with Crippen molar-refractivity contribution >= 4 is 27.3 Å². The van der Waals surface area contributed by atoms with E-state index in [2.05, 4.69) is 10.0 Å². The molecule has 166 valence electrons. The predicted molar refractivity (Wildman–Crippen MR) is 119 cm³/mol. The number of anilines is 1. The smallest absolute Gasteiger partial charge is 0.270 e. The van der Waals surface area contributed by atoms with Crippen LogP contribution in [0.2, 0.25) is 0 Å². The molecular formula is C22H21N3O6S. The number of nitrogens with zero attached hydrogens (tertiary/aromatic N) is 1. The van der Waals surface area contributed by atoms with E-state index in [1.165, 1.54) is 30.3 Å². The van der Waals surface area contributed by atoms with Crippen LogP contribution in [0.5, 0.6) is 5.75 Å². The number of amides is 1. The molecule has 0 atom stereocenters. The van der Waals surface area contributed by atoms with Crippen molar-refractivity contribution in [2.45, 2.75) is 18.4 Å². The highest BCUT2D eigenvalue weighted by molar-refractivity contribution is 7.92. The van der Waals surface area contributed by atoms with Crippen molar-refractivity contribution in [3.8, 4) is 5.75 Å². The summed E-state index contributed by atoms with van der Waals surface area (Å²) in [5, 5.41) is 13.7. The fraction of sp³-hybridized carbons (Fsp3) is 0.136. The zero-order chi connectivity index (χ0) is 23.1. The Balaban J connectivity index is 1.78. The molecule has 0 fully saturated rings. The third kappa shape index (κ3) is 5.61. The van der Waals surface area contributed by atoms with Crippen molar-refractivity contribution in [3.63, 3.8) is 0 Å². The van der Waals surface area contributed by atoms with E-state index < -0.39 is 20.9 Å². The Morgan fingerprint density at radius 1 is 1.03 bits per heavy atom. The van der Waals surface area contributed by atoms with Crippen molar-refractivity contribution < 1.29 is 22.9 Å². The van der Waals surface area contributed by atoms with Gasteiger partial charge < -0.3 is 10.1 Å². The average Bonchev–Trinajstić information content (AvgIpc) is 2.78. The Kier molecular flexibility index (Phi) is 7.06. The number of nitrogens with one attached hydrogen (secondary N) is 2. The van der Waals surface area contributed by atoms with E-state index in [0.717, 1.165) is 11.6 Å². The van der Waals surface area contributed by atoms with Gasteiger partial charge in [0, 0.05) is 18.7 Å². The zero-order valence-electron chi connectivity index (χ0n) is 17.1. The predicted octanol–water partition coefficient (Wildman–Crippen LogP) is 3.72. The van der Waals surface area contributed by atoms with Gasteiger partial charge in [-0.2, -0.15) is 0 Å². The van der Waals surface area contributed by atoms with Crippen LogP contribution in [0.4, 0.5) is 11.4 Å². The lowest BCUT2D eigenvalue weighted by Crippen LogP contribution is -2.25. The Morgan fingerprint density at radius 3 is 2.53 bits per heavy atom. The maximum Gasteiger partial charge on any atom is 0.270 e. The van der Waals surface area contributed by atoms with E-state index in [9.17, 15) is 23.3 Å². The molecule has 0 bridgehead atoms. The van der Waals surface area contributed by atoms with E-state index in [0.29, 0.717) is 12.4 Å². The highest BCUT2D eigenvalue weighted by Crippen LogP contribution is 2.23. The molecule has 3 aromatic carbocycles. The second-order valence-corrected chi connectivity index (χ2v) is 8.35. The van der Waals surface area contributed by atoms with Crippen molar-refractivity contribution in [2.75, 3.05) is 11.3 Å². The van der Waals surface area contributed by atoms with E-state index in [-0.39, 0.29) is 28.4 Å². The molecule has 0 saturated heterocycles. The minimum absolute atomic E-state index is 0.0552. The molecular weight excluding hydrogens is 434 g/mol. The molecule has 0 aliphatic carbocycles. The molecule has 2 N–H and O–H groups in total. The van der Waals surface area contributed by atoms with Crippen molar-refractivity contribution in [2.24, 2.45) is 0 Å². The van der Waals surface area contributed by atoms with Crippen LogP contribution in [0.3, 0.4) is 0 Å². The number of nitro groups is 1. The summed E-state index contributed by atoms with van der Waals surface area (Å²) in [6, 6.07) is 18.0. The van der Waals surface area contributed by atoms with Crippen LogP contribution in [-0.4, -0.2) is 25.9 Å². The number of para-hydroxylation sites is 1. The molecule has 1 amide bonds. The second-order valence-electron chi connectivity index (χ2n) is 6.67. The molecule has 3 rings (SSSR count). The SMILES string of the molecule is CCOc1cccc(CNC(=O)c2ccccc2NS(=O)(=O)c2cccc([N+](=O)[O-])c2)c1. The molecule has 32 heavy (non-hydrogen) atoms. The first-order valence-corrected chi connectivity index (χ1v) is 11.1. The van der Waals surface area contributed by atoms with Gasteiger partial charge in [-0.25, -0.2) is 8.42 Å². The van der Waals surface area contributed by atoms with Crippen LogP contribution >= 0.6 is 0 Å². The van der Waals surface area contributed by atoms with Gasteiger partial charge in [-0.3, -0.25) is 19.6 Å². The number of rotatable bonds is 9. The van der Waals surface area contributed by atoms with Gasteiger partial charge in [-0.1, -0.05) is 30.3 Å². The van der Waals surface area contributed by atoms with Crippen LogP contribution in [-0.2, 0) is 16.6 Å². The van der Waals surface area contributed by atoms with Gasteiger partial charge in [0.05, 0.1) is 27.7 Å². The van der Waals surface area contributed by atoms with Crippen molar-refractivity contribution in [1.82, 2.24) is 5.32 Å². The lowest BCUT2D eigenvalue weighted by Gasteiger charge is -2.13. The largest absolute Gasteiger partial charge is 0.494 e. The quantitative estimate of drug-likeness (QED) is 0.374.